The second kappa shape index (κ2) is 9.37. The molecule has 108 valence electrons. The molecule has 0 aliphatic carbocycles. The molecular weight excluding hydrogens is 224 g/mol. The highest BCUT2D eigenvalue weighted by atomic mass is 16.1. The van der Waals surface area contributed by atoms with Gasteiger partial charge < -0.3 is 11.1 Å². The molecule has 0 radical (unpaired) electrons. The lowest BCUT2D eigenvalue weighted by atomic mass is 9.76. The predicted molar refractivity (Wildman–Crippen MR) is 78.4 cm³/mol. The number of nitrogens with one attached hydrogen (secondary N) is 1. The maximum Gasteiger partial charge on any atom is 0.220 e. The lowest BCUT2D eigenvalue weighted by molar-refractivity contribution is -0.121. The fourth-order valence-electron chi connectivity index (χ4n) is 2.21. The van der Waals surface area contributed by atoms with Gasteiger partial charge in [-0.2, -0.15) is 0 Å². The molecule has 0 bridgehead atoms. The highest BCUT2D eigenvalue weighted by Gasteiger charge is 2.24. The van der Waals surface area contributed by atoms with Crippen molar-refractivity contribution >= 4 is 5.91 Å². The lowest BCUT2D eigenvalue weighted by Crippen LogP contribution is -2.28. The molecule has 1 unspecified atom stereocenters. The van der Waals surface area contributed by atoms with Crippen LogP contribution in [0.4, 0.5) is 0 Å². The van der Waals surface area contributed by atoms with Gasteiger partial charge in [-0.3, -0.25) is 4.79 Å². The van der Waals surface area contributed by atoms with Gasteiger partial charge in [0.1, 0.15) is 0 Å². The Morgan fingerprint density at radius 2 is 1.89 bits per heavy atom. The first-order valence-corrected chi connectivity index (χ1v) is 7.38. The summed E-state index contributed by atoms with van der Waals surface area (Å²) in [5.41, 5.74) is 5.88. The Kier molecular flexibility index (Phi) is 9.08. The van der Waals surface area contributed by atoms with Crippen molar-refractivity contribution in [2.24, 2.45) is 17.1 Å². The Bertz CT molecular complexity index is 221. The number of carbonyl (C=O) groups excluding carboxylic acids is 1. The van der Waals surface area contributed by atoms with Crippen LogP contribution in [0.15, 0.2) is 0 Å². The quantitative estimate of drug-likeness (QED) is 0.623. The zero-order valence-corrected chi connectivity index (χ0v) is 12.7. The first-order chi connectivity index (χ1) is 8.41. The van der Waals surface area contributed by atoms with Crippen molar-refractivity contribution in [3.63, 3.8) is 0 Å². The molecule has 3 nitrogen and oxygen atoms in total. The van der Waals surface area contributed by atoms with E-state index in [9.17, 15) is 4.79 Å². The summed E-state index contributed by atoms with van der Waals surface area (Å²) >= 11 is 0. The zero-order valence-electron chi connectivity index (χ0n) is 12.7. The maximum absolute atomic E-state index is 11.7. The summed E-state index contributed by atoms with van der Waals surface area (Å²) in [6.45, 7) is 10.4. The first kappa shape index (κ1) is 17.4. The molecule has 0 aliphatic rings. The molecule has 0 aromatic carbocycles. The molecule has 0 fully saturated rings. The van der Waals surface area contributed by atoms with Gasteiger partial charge in [0.05, 0.1) is 0 Å². The summed E-state index contributed by atoms with van der Waals surface area (Å²) in [7, 11) is 0. The third-order valence-electron chi connectivity index (χ3n) is 3.56. The second-order valence-electron chi connectivity index (χ2n) is 6.24. The van der Waals surface area contributed by atoms with E-state index in [1.807, 2.05) is 0 Å². The molecule has 3 N–H and O–H groups in total. The van der Waals surface area contributed by atoms with Crippen LogP contribution in [-0.4, -0.2) is 19.0 Å². The third kappa shape index (κ3) is 8.51. The molecule has 0 aromatic rings. The standard InChI is InChI=1S/C15H32N2O/c1-5-6-7-12-17-14(18)9-8-13(10-11-16)15(2,3)4/h13H,5-12,16H2,1-4H3,(H,17,18). The minimum absolute atomic E-state index is 0.192. The SMILES string of the molecule is CCCCCNC(=O)CCC(CCN)C(C)(C)C. The van der Waals surface area contributed by atoms with Gasteiger partial charge in [-0.1, -0.05) is 40.5 Å². The Labute approximate surface area is 113 Å². The van der Waals surface area contributed by atoms with Crippen molar-refractivity contribution in [1.29, 1.82) is 0 Å². The number of hydrogen-bond acceptors (Lipinski definition) is 2. The molecule has 0 spiro atoms. The van der Waals surface area contributed by atoms with Crippen LogP contribution in [0.3, 0.4) is 0 Å². The molecule has 0 aromatic heterocycles. The highest BCUT2D eigenvalue weighted by molar-refractivity contribution is 5.75. The minimum atomic E-state index is 0.192. The van der Waals surface area contributed by atoms with Crippen LogP contribution in [0, 0.1) is 11.3 Å². The number of rotatable bonds is 9. The lowest BCUT2D eigenvalue weighted by Gasteiger charge is -2.30. The van der Waals surface area contributed by atoms with Crippen LogP contribution in [0.25, 0.3) is 0 Å². The number of hydrogen-bond donors (Lipinski definition) is 2. The van der Waals surface area contributed by atoms with Crippen molar-refractivity contribution < 1.29 is 4.79 Å². The van der Waals surface area contributed by atoms with E-state index in [1.54, 1.807) is 0 Å². The Balaban J connectivity index is 3.86. The highest BCUT2D eigenvalue weighted by Crippen LogP contribution is 2.31. The van der Waals surface area contributed by atoms with Crippen molar-refractivity contribution in [3.8, 4) is 0 Å². The molecule has 3 heteroatoms. The first-order valence-electron chi connectivity index (χ1n) is 7.38. The molecule has 18 heavy (non-hydrogen) atoms. The van der Waals surface area contributed by atoms with E-state index in [4.69, 9.17) is 5.73 Å². The van der Waals surface area contributed by atoms with E-state index >= 15 is 0 Å². The fraction of sp³-hybridized carbons (Fsp3) is 0.933. The molecule has 0 saturated heterocycles. The minimum Gasteiger partial charge on any atom is -0.356 e. The second-order valence-corrected chi connectivity index (χ2v) is 6.24. The molecule has 1 atom stereocenters. The summed E-state index contributed by atoms with van der Waals surface area (Å²) in [5.74, 6) is 0.723. The molecule has 1 amide bonds. The average molecular weight is 256 g/mol. The zero-order chi connectivity index (χ0) is 14.0. The van der Waals surface area contributed by atoms with Crippen molar-refractivity contribution in [3.05, 3.63) is 0 Å². The van der Waals surface area contributed by atoms with Crippen LogP contribution in [0.1, 0.15) is 66.2 Å². The Morgan fingerprint density at radius 3 is 2.39 bits per heavy atom. The normalized spacial score (nSPS) is 13.4. The topological polar surface area (TPSA) is 55.1 Å². The van der Waals surface area contributed by atoms with Gasteiger partial charge in [0, 0.05) is 13.0 Å². The monoisotopic (exact) mass is 256 g/mol. The van der Waals surface area contributed by atoms with E-state index in [1.165, 1.54) is 12.8 Å². The van der Waals surface area contributed by atoms with Gasteiger partial charge in [-0.05, 0) is 37.1 Å². The smallest absolute Gasteiger partial charge is 0.220 e. The molecule has 0 aliphatic heterocycles. The third-order valence-corrected chi connectivity index (χ3v) is 3.56. The van der Waals surface area contributed by atoms with Gasteiger partial charge in [0.25, 0.3) is 0 Å². The largest absolute Gasteiger partial charge is 0.356 e. The van der Waals surface area contributed by atoms with E-state index in [2.05, 4.69) is 33.0 Å². The van der Waals surface area contributed by atoms with Crippen LogP contribution < -0.4 is 11.1 Å². The van der Waals surface area contributed by atoms with Gasteiger partial charge in [-0.15, -0.1) is 0 Å². The molecule has 0 heterocycles. The van der Waals surface area contributed by atoms with Gasteiger partial charge >= 0.3 is 0 Å². The van der Waals surface area contributed by atoms with E-state index < -0.39 is 0 Å². The van der Waals surface area contributed by atoms with Crippen molar-refractivity contribution in [2.75, 3.05) is 13.1 Å². The molecule has 0 rings (SSSR count). The van der Waals surface area contributed by atoms with Gasteiger partial charge in [-0.25, -0.2) is 0 Å². The molecule has 0 saturated carbocycles. The number of carbonyl (C=O) groups is 1. The van der Waals surface area contributed by atoms with Gasteiger partial charge in [0.2, 0.25) is 5.91 Å². The van der Waals surface area contributed by atoms with Crippen LogP contribution in [0.2, 0.25) is 0 Å². The maximum atomic E-state index is 11.7. The summed E-state index contributed by atoms with van der Waals surface area (Å²) in [4.78, 5) is 11.7. The number of unbranched alkanes of at least 4 members (excludes halogenated alkanes) is 2. The van der Waals surface area contributed by atoms with E-state index in [-0.39, 0.29) is 11.3 Å². The van der Waals surface area contributed by atoms with Crippen molar-refractivity contribution in [2.45, 2.75) is 66.2 Å². The summed E-state index contributed by atoms with van der Waals surface area (Å²) in [6, 6.07) is 0. The summed E-state index contributed by atoms with van der Waals surface area (Å²) in [6.07, 6.45) is 6.06. The predicted octanol–water partition coefficient (Wildman–Crippen LogP) is 3.08. The Morgan fingerprint density at radius 1 is 1.22 bits per heavy atom. The van der Waals surface area contributed by atoms with E-state index in [0.29, 0.717) is 18.9 Å². The van der Waals surface area contributed by atoms with Crippen LogP contribution in [0.5, 0.6) is 0 Å². The van der Waals surface area contributed by atoms with Gasteiger partial charge in [0.15, 0.2) is 0 Å². The summed E-state index contributed by atoms with van der Waals surface area (Å²) in [5, 5.41) is 3.00. The number of amides is 1. The van der Waals surface area contributed by atoms with E-state index in [0.717, 1.165) is 25.8 Å². The van der Waals surface area contributed by atoms with Crippen molar-refractivity contribution in [1.82, 2.24) is 5.32 Å². The Hall–Kier alpha value is -0.570. The summed E-state index contributed by atoms with van der Waals surface area (Å²) < 4.78 is 0. The number of nitrogens with two attached hydrogens (primary N) is 1. The molecular formula is C15H32N2O. The van der Waals surface area contributed by atoms with Crippen LogP contribution in [-0.2, 0) is 4.79 Å². The van der Waals surface area contributed by atoms with Crippen LogP contribution >= 0.6 is 0 Å². The fourth-order valence-corrected chi connectivity index (χ4v) is 2.21. The average Bonchev–Trinajstić information content (AvgIpc) is 2.28.